The topological polar surface area (TPSA) is 115 Å². The van der Waals surface area contributed by atoms with Crippen molar-refractivity contribution >= 4 is 40.0 Å². The summed E-state index contributed by atoms with van der Waals surface area (Å²) in [5.74, 6) is -1.21. The van der Waals surface area contributed by atoms with Crippen molar-refractivity contribution in [2.45, 2.75) is 13.3 Å². The molecule has 20 heavy (non-hydrogen) atoms. The van der Waals surface area contributed by atoms with Gasteiger partial charge in [0.2, 0.25) is 5.91 Å². The average Bonchev–Trinajstić information content (AvgIpc) is 2.32. The molecule has 0 fully saturated rings. The Kier molecular flexibility index (Phi) is 3.46. The molecule has 0 aliphatic heterocycles. The Bertz CT molecular complexity index is 850. The van der Waals surface area contributed by atoms with Crippen LogP contribution in [-0.2, 0) is 4.79 Å². The number of nitrogens with one attached hydrogen (secondary N) is 1. The van der Waals surface area contributed by atoms with Gasteiger partial charge in [-0.05, 0) is 19.1 Å². The van der Waals surface area contributed by atoms with E-state index in [1.165, 1.54) is 19.1 Å². The van der Waals surface area contributed by atoms with E-state index in [0.29, 0.717) is 4.57 Å². The fourth-order valence-corrected chi connectivity index (χ4v) is 1.95. The first-order chi connectivity index (χ1) is 9.31. The number of fused-ring (bicyclic) bond motifs is 1. The lowest BCUT2D eigenvalue weighted by Gasteiger charge is -2.09. The molecule has 0 amide bonds. The molecule has 104 valence electrons. The molecule has 0 aliphatic carbocycles. The third-order valence-electron chi connectivity index (χ3n) is 2.65. The highest BCUT2D eigenvalue weighted by atomic mass is 35.5. The number of carbonyl (C=O) groups excluding carboxylic acids is 2. The number of aromatic nitrogens is 2. The van der Waals surface area contributed by atoms with Crippen LogP contribution in [0.4, 0.5) is 5.69 Å². The molecule has 1 heterocycles. The summed E-state index contributed by atoms with van der Waals surface area (Å²) >= 11 is 5.82. The minimum Gasteiger partial charge on any atom is -0.397 e. The summed E-state index contributed by atoms with van der Waals surface area (Å²) in [5.41, 5.74) is 4.02. The van der Waals surface area contributed by atoms with Gasteiger partial charge in [-0.25, -0.2) is 4.57 Å². The molecule has 0 bridgehead atoms. The Morgan fingerprint density at radius 1 is 1.35 bits per heavy atom. The second kappa shape index (κ2) is 4.93. The molecule has 0 atom stereocenters. The number of nitrogens with zero attached hydrogens (tertiary/aromatic N) is 1. The lowest BCUT2D eigenvalue weighted by molar-refractivity contribution is -0.116. The number of halogens is 1. The van der Waals surface area contributed by atoms with Crippen LogP contribution in [-0.4, -0.2) is 21.2 Å². The van der Waals surface area contributed by atoms with Crippen molar-refractivity contribution < 1.29 is 9.59 Å². The van der Waals surface area contributed by atoms with Crippen molar-refractivity contribution in [3.05, 3.63) is 37.9 Å². The van der Waals surface area contributed by atoms with Crippen LogP contribution in [0.2, 0.25) is 5.02 Å². The largest absolute Gasteiger partial charge is 0.397 e. The third-order valence-corrected chi connectivity index (χ3v) is 2.98. The van der Waals surface area contributed by atoms with Crippen molar-refractivity contribution in [1.29, 1.82) is 0 Å². The van der Waals surface area contributed by atoms with E-state index in [0.717, 1.165) is 0 Å². The van der Waals surface area contributed by atoms with Crippen molar-refractivity contribution in [1.82, 2.24) is 9.55 Å². The molecule has 7 nitrogen and oxygen atoms in total. The predicted molar refractivity (Wildman–Crippen MR) is 74.2 cm³/mol. The fourth-order valence-electron chi connectivity index (χ4n) is 1.79. The van der Waals surface area contributed by atoms with Crippen LogP contribution in [0.5, 0.6) is 0 Å². The van der Waals surface area contributed by atoms with Crippen LogP contribution in [0, 0.1) is 0 Å². The summed E-state index contributed by atoms with van der Waals surface area (Å²) in [6.45, 7) is 1.21. The first-order valence-corrected chi connectivity index (χ1v) is 5.95. The van der Waals surface area contributed by atoms with Gasteiger partial charge in [0.25, 0.3) is 0 Å². The molecule has 0 unspecified atom stereocenters. The lowest BCUT2D eigenvalue weighted by Crippen LogP contribution is -2.40. The second-order valence-corrected chi connectivity index (χ2v) is 4.67. The summed E-state index contributed by atoms with van der Waals surface area (Å²) in [6.07, 6.45) is -0.485. The molecule has 8 heteroatoms. The minimum atomic E-state index is -1.06. The summed E-state index contributed by atoms with van der Waals surface area (Å²) in [7, 11) is 0. The van der Waals surface area contributed by atoms with E-state index in [-0.39, 0.29) is 21.7 Å². The molecule has 2 aromatic rings. The van der Waals surface area contributed by atoms with Crippen LogP contribution in [0.1, 0.15) is 18.1 Å². The number of nitrogen functional groups attached to an aromatic ring is 1. The maximum Gasteiger partial charge on any atom is 0.323 e. The fraction of sp³-hybridized carbons (Fsp3) is 0.167. The van der Waals surface area contributed by atoms with E-state index in [4.69, 9.17) is 17.3 Å². The Hall–Kier alpha value is -2.41. The van der Waals surface area contributed by atoms with Gasteiger partial charge in [0.1, 0.15) is 5.78 Å². The number of aromatic amines is 1. The van der Waals surface area contributed by atoms with Gasteiger partial charge in [0.15, 0.2) is 0 Å². The molecule has 0 spiro atoms. The molecule has 3 N–H and O–H groups in total. The van der Waals surface area contributed by atoms with Gasteiger partial charge in [-0.1, -0.05) is 11.6 Å². The van der Waals surface area contributed by atoms with Crippen LogP contribution >= 0.6 is 11.6 Å². The molecular formula is C12H10ClN3O4. The number of carbonyl (C=O) groups is 2. The number of benzene rings is 1. The SMILES string of the molecule is CC(=O)CC(=O)n1c(=O)c(=O)[nH]c2cc(Cl)c(N)cc21. The molecule has 0 aliphatic rings. The molecule has 0 saturated heterocycles. The van der Waals surface area contributed by atoms with E-state index in [1.54, 1.807) is 0 Å². The van der Waals surface area contributed by atoms with Crippen molar-refractivity contribution in [2.24, 2.45) is 0 Å². The molecule has 1 aromatic heterocycles. The lowest BCUT2D eigenvalue weighted by atomic mass is 10.2. The van der Waals surface area contributed by atoms with Gasteiger partial charge in [0, 0.05) is 0 Å². The summed E-state index contributed by atoms with van der Waals surface area (Å²) < 4.78 is 0.641. The van der Waals surface area contributed by atoms with Crippen LogP contribution in [0.15, 0.2) is 21.7 Å². The van der Waals surface area contributed by atoms with E-state index in [9.17, 15) is 19.2 Å². The number of anilines is 1. The van der Waals surface area contributed by atoms with Crippen molar-refractivity contribution in [3.8, 4) is 0 Å². The van der Waals surface area contributed by atoms with E-state index >= 15 is 0 Å². The zero-order chi connectivity index (χ0) is 15.0. The van der Waals surface area contributed by atoms with Gasteiger partial charge < -0.3 is 10.7 Å². The zero-order valence-electron chi connectivity index (χ0n) is 10.4. The number of hydrogen-bond acceptors (Lipinski definition) is 5. The highest BCUT2D eigenvalue weighted by Crippen LogP contribution is 2.23. The molecule has 1 aromatic carbocycles. The van der Waals surface area contributed by atoms with Gasteiger partial charge >= 0.3 is 11.1 Å². The smallest absolute Gasteiger partial charge is 0.323 e. The van der Waals surface area contributed by atoms with Gasteiger partial charge in [0.05, 0.1) is 28.2 Å². The number of H-pyrrole nitrogens is 1. The van der Waals surface area contributed by atoms with Gasteiger partial charge in [-0.3, -0.25) is 19.2 Å². The highest BCUT2D eigenvalue weighted by molar-refractivity contribution is 6.33. The number of nitrogens with two attached hydrogens (primary N) is 1. The second-order valence-electron chi connectivity index (χ2n) is 4.26. The average molecular weight is 296 g/mol. The maximum absolute atomic E-state index is 12.0. The Labute approximate surface area is 117 Å². The van der Waals surface area contributed by atoms with E-state index < -0.39 is 29.2 Å². The summed E-state index contributed by atoms with van der Waals surface area (Å²) in [6, 6.07) is 2.64. The summed E-state index contributed by atoms with van der Waals surface area (Å²) in [5, 5.41) is 0.178. The minimum absolute atomic E-state index is 0.0998. The van der Waals surface area contributed by atoms with E-state index in [1.807, 2.05) is 0 Å². The van der Waals surface area contributed by atoms with Crippen LogP contribution in [0.3, 0.4) is 0 Å². The summed E-state index contributed by atoms with van der Waals surface area (Å²) in [4.78, 5) is 48.6. The molecular weight excluding hydrogens is 286 g/mol. The first-order valence-electron chi connectivity index (χ1n) is 5.58. The van der Waals surface area contributed by atoms with Crippen molar-refractivity contribution in [2.75, 3.05) is 5.73 Å². The number of Topliss-reactive ketones (excluding diaryl/α,β-unsaturated/α-hetero) is 1. The van der Waals surface area contributed by atoms with Crippen LogP contribution < -0.4 is 16.9 Å². The van der Waals surface area contributed by atoms with Gasteiger partial charge in [-0.15, -0.1) is 0 Å². The number of ketones is 1. The maximum atomic E-state index is 12.0. The number of rotatable bonds is 2. The molecule has 2 rings (SSSR count). The van der Waals surface area contributed by atoms with Crippen molar-refractivity contribution in [3.63, 3.8) is 0 Å². The Balaban J connectivity index is 2.87. The quantitative estimate of drug-likeness (QED) is 0.477. The third kappa shape index (κ3) is 2.35. The standard InChI is InChI=1S/C12H10ClN3O4/c1-5(17)2-10(18)16-9-4-7(14)6(13)3-8(9)15-11(19)12(16)20/h3-4H,2,14H2,1H3,(H,15,19). The normalized spacial score (nSPS) is 10.7. The molecule has 0 saturated carbocycles. The predicted octanol–water partition coefficient (Wildman–Crippen LogP) is 0.545. The zero-order valence-corrected chi connectivity index (χ0v) is 11.2. The Morgan fingerprint density at radius 2 is 2.00 bits per heavy atom. The monoisotopic (exact) mass is 295 g/mol. The highest BCUT2D eigenvalue weighted by Gasteiger charge is 2.17. The van der Waals surface area contributed by atoms with E-state index in [2.05, 4.69) is 4.98 Å². The van der Waals surface area contributed by atoms with Crippen LogP contribution in [0.25, 0.3) is 11.0 Å². The first kappa shape index (κ1) is 14.0. The molecule has 0 radical (unpaired) electrons. The van der Waals surface area contributed by atoms with Gasteiger partial charge in [-0.2, -0.15) is 0 Å². The Morgan fingerprint density at radius 3 is 2.60 bits per heavy atom. The number of hydrogen-bond donors (Lipinski definition) is 2.